The van der Waals surface area contributed by atoms with Crippen molar-refractivity contribution in [2.45, 2.75) is 0 Å². The Labute approximate surface area is 98.9 Å². The highest BCUT2D eigenvalue weighted by molar-refractivity contribution is 5.89. The SMILES string of the molecule is O=C(NNc1ccccn1)Nc1ccccc1. The number of rotatable bonds is 3. The topological polar surface area (TPSA) is 66.0 Å². The summed E-state index contributed by atoms with van der Waals surface area (Å²) in [4.78, 5) is 15.5. The molecule has 3 N–H and O–H groups in total. The van der Waals surface area contributed by atoms with Gasteiger partial charge in [-0.15, -0.1) is 0 Å². The molecule has 17 heavy (non-hydrogen) atoms. The number of urea groups is 1. The lowest BCUT2D eigenvalue weighted by Gasteiger charge is -2.08. The number of pyridine rings is 1. The van der Waals surface area contributed by atoms with Gasteiger partial charge in [0.1, 0.15) is 5.82 Å². The van der Waals surface area contributed by atoms with Crippen molar-refractivity contribution in [2.24, 2.45) is 0 Å². The van der Waals surface area contributed by atoms with Crippen molar-refractivity contribution in [3.63, 3.8) is 0 Å². The van der Waals surface area contributed by atoms with Crippen molar-refractivity contribution in [3.8, 4) is 0 Å². The molecule has 0 radical (unpaired) electrons. The van der Waals surface area contributed by atoms with Gasteiger partial charge in [-0.1, -0.05) is 24.3 Å². The molecule has 86 valence electrons. The first-order valence-corrected chi connectivity index (χ1v) is 5.14. The first-order chi connectivity index (χ1) is 8.34. The van der Waals surface area contributed by atoms with Crippen LogP contribution >= 0.6 is 0 Å². The number of aromatic nitrogens is 1. The van der Waals surface area contributed by atoms with Gasteiger partial charge in [0, 0.05) is 11.9 Å². The number of nitrogens with one attached hydrogen (secondary N) is 3. The zero-order chi connectivity index (χ0) is 11.9. The highest BCUT2D eigenvalue weighted by Crippen LogP contribution is 2.04. The van der Waals surface area contributed by atoms with Crippen LogP contribution in [0.4, 0.5) is 16.3 Å². The van der Waals surface area contributed by atoms with Crippen LogP contribution in [0.15, 0.2) is 54.7 Å². The fraction of sp³-hybridized carbons (Fsp3) is 0. The summed E-state index contributed by atoms with van der Waals surface area (Å²) in [7, 11) is 0. The molecule has 0 unspecified atom stereocenters. The van der Waals surface area contributed by atoms with E-state index in [0.29, 0.717) is 5.82 Å². The van der Waals surface area contributed by atoms with Crippen LogP contribution in [0.2, 0.25) is 0 Å². The number of hydrogen-bond donors (Lipinski definition) is 3. The van der Waals surface area contributed by atoms with E-state index in [9.17, 15) is 4.79 Å². The van der Waals surface area contributed by atoms with Crippen molar-refractivity contribution in [1.82, 2.24) is 10.4 Å². The monoisotopic (exact) mass is 228 g/mol. The molecule has 0 aliphatic carbocycles. The predicted molar refractivity (Wildman–Crippen MR) is 66.5 cm³/mol. The highest BCUT2D eigenvalue weighted by Gasteiger charge is 1.99. The van der Waals surface area contributed by atoms with Gasteiger partial charge in [0.2, 0.25) is 0 Å². The van der Waals surface area contributed by atoms with E-state index in [-0.39, 0.29) is 6.03 Å². The van der Waals surface area contributed by atoms with E-state index >= 15 is 0 Å². The van der Waals surface area contributed by atoms with E-state index in [0.717, 1.165) is 5.69 Å². The van der Waals surface area contributed by atoms with Gasteiger partial charge in [-0.25, -0.2) is 9.78 Å². The second-order valence-electron chi connectivity index (χ2n) is 3.29. The Morgan fingerprint density at radius 2 is 1.76 bits per heavy atom. The Kier molecular flexibility index (Phi) is 3.54. The van der Waals surface area contributed by atoms with Crippen molar-refractivity contribution >= 4 is 17.5 Å². The number of carbonyl (C=O) groups is 1. The third-order valence-corrected chi connectivity index (χ3v) is 2.00. The number of carbonyl (C=O) groups excluding carboxylic acids is 1. The van der Waals surface area contributed by atoms with Gasteiger partial charge in [-0.3, -0.25) is 10.9 Å². The summed E-state index contributed by atoms with van der Waals surface area (Å²) in [5.74, 6) is 0.579. The maximum Gasteiger partial charge on any atom is 0.337 e. The van der Waals surface area contributed by atoms with Gasteiger partial charge >= 0.3 is 6.03 Å². The Bertz CT molecular complexity index is 472. The molecule has 0 spiro atoms. The van der Waals surface area contributed by atoms with Crippen LogP contribution in [-0.4, -0.2) is 11.0 Å². The molecule has 2 rings (SSSR count). The van der Waals surface area contributed by atoms with Gasteiger partial charge in [-0.05, 0) is 24.3 Å². The number of amides is 2. The minimum absolute atomic E-state index is 0.346. The molecular weight excluding hydrogens is 216 g/mol. The molecule has 2 aromatic rings. The number of benzene rings is 1. The molecule has 2 amide bonds. The lowest BCUT2D eigenvalue weighted by molar-refractivity contribution is 0.254. The zero-order valence-corrected chi connectivity index (χ0v) is 9.05. The molecule has 0 aliphatic rings. The number of para-hydroxylation sites is 1. The highest BCUT2D eigenvalue weighted by atomic mass is 16.2. The summed E-state index contributed by atoms with van der Waals surface area (Å²) < 4.78 is 0. The summed E-state index contributed by atoms with van der Waals surface area (Å²) >= 11 is 0. The first kappa shape index (κ1) is 10.9. The largest absolute Gasteiger partial charge is 0.337 e. The van der Waals surface area contributed by atoms with Crippen molar-refractivity contribution in [1.29, 1.82) is 0 Å². The van der Waals surface area contributed by atoms with Crippen LogP contribution in [0.1, 0.15) is 0 Å². The van der Waals surface area contributed by atoms with Gasteiger partial charge < -0.3 is 5.32 Å². The third-order valence-electron chi connectivity index (χ3n) is 2.00. The number of anilines is 2. The summed E-state index contributed by atoms with van der Waals surface area (Å²) in [6.45, 7) is 0. The second-order valence-corrected chi connectivity index (χ2v) is 3.29. The minimum atomic E-state index is -0.346. The molecule has 0 bridgehead atoms. The fourth-order valence-electron chi connectivity index (χ4n) is 1.24. The summed E-state index contributed by atoms with van der Waals surface area (Å²) in [5, 5.41) is 2.67. The Balaban J connectivity index is 1.83. The van der Waals surface area contributed by atoms with E-state index < -0.39 is 0 Å². The molecule has 5 nitrogen and oxygen atoms in total. The van der Waals surface area contributed by atoms with E-state index in [1.807, 2.05) is 24.3 Å². The molecule has 0 aliphatic heterocycles. The fourth-order valence-corrected chi connectivity index (χ4v) is 1.24. The molecule has 0 saturated carbocycles. The van der Waals surface area contributed by atoms with Crippen LogP contribution in [0.25, 0.3) is 0 Å². The number of nitrogens with zero attached hydrogens (tertiary/aromatic N) is 1. The summed E-state index contributed by atoms with van der Waals surface area (Å²) in [6.07, 6.45) is 1.64. The first-order valence-electron chi connectivity index (χ1n) is 5.14. The molecule has 1 aromatic heterocycles. The quantitative estimate of drug-likeness (QED) is 0.706. The van der Waals surface area contributed by atoms with Crippen LogP contribution in [-0.2, 0) is 0 Å². The normalized spacial score (nSPS) is 9.41. The summed E-state index contributed by atoms with van der Waals surface area (Å²) in [6, 6.07) is 14.2. The average molecular weight is 228 g/mol. The van der Waals surface area contributed by atoms with E-state index in [4.69, 9.17) is 0 Å². The third kappa shape index (κ3) is 3.49. The van der Waals surface area contributed by atoms with Gasteiger partial charge in [-0.2, -0.15) is 0 Å². The molecule has 0 atom stereocenters. The number of hydrazine groups is 1. The Hall–Kier alpha value is -2.56. The lowest BCUT2D eigenvalue weighted by Crippen LogP contribution is -2.33. The maximum absolute atomic E-state index is 11.5. The van der Waals surface area contributed by atoms with Crippen molar-refractivity contribution < 1.29 is 4.79 Å². The minimum Gasteiger partial charge on any atom is -0.307 e. The van der Waals surface area contributed by atoms with Gasteiger partial charge in [0.25, 0.3) is 0 Å². The van der Waals surface area contributed by atoms with Crippen LogP contribution in [0.3, 0.4) is 0 Å². The standard InChI is InChI=1S/C12H12N4O/c17-12(14-10-6-2-1-3-7-10)16-15-11-8-4-5-9-13-11/h1-9H,(H,13,15)(H2,14,16,17). The maximum atomic E-state index is 11.5. The van der Waals surface area contributed by atoms with E-state index in [2.05, 4.69) is 21.2 Å². The average Bonchev–Trinajstić information content (AvgIpc) is 2.39. The molecule has 1 heterocycles. The van der Waals surface area contributed by atoms with E-state index in [1.165, 1.54) is 0 Å². The van der Waals surface area contributed by atoms with Crippen molar-refractivity contribution in [3.05, 3.63) is 54.7 Å². The lowest BCUT2D eigenvalue weighted by atomic mass is 10.3. The number of hydrogen-bond acceptors (Lipinski definition) is 3. The van der Waals surface area contributed by atoms with Gasteiger partial charge in [0.15, 0.2) is 0 Å². The van der Waals surface area contributed by atoms with E-state index in [1.54, 1.807) is 30.5 Å². The Morgan fingerprint density at radius 1 is 1.00 bits per heavy atom. The predicted octanol–water partition coefficient (Wildman–Crippen LogP) is 2.23. The Morgan fingerprint density at radius 3 is 2.47 bits per heavy atom. The van der Waals surface area contributed by atoms with Crippen LogP contribution < -0.4 is 16.2 Å². The zero-order valence-electron chi connectivity index (χ0n) is 9.05. The molecule has 0 saturated heterocycles. The summed E-state index contributed by atoms with van der Waals surface area (Å²) in [5.41, 5.74) is 5.91. The molecule has 1 aromatic carbocycles. The molecular formula is C12H12N4O. The van der Waals surface area contributed by atoms with Crippen LogP contribution in [0, 0.1) is 0 Å². The molecule has 0 fully saturated rings. The molecule has 5 heteroatoms. The smallest absolute Gasteiger partial charge is 0.307 e. The van der Waals surface area contributed by atoms with Crippen LogP contribution in [0.5, 0.6) is 0 Å². The second kappa shape index (κ2) is 5.50. The van der Waals surface area contributed by atoms with Gasteiger partial charge in [0.05, 0.1) is 0 Å². The van der Waals surface area contributed by atoms with Crippen molar-refractivity contribution in [2.75, 3.05) is 10.7 Å².